The number of hydrogen-bond donors (Lipinski definition) is 1. The predicted octanol–water partition coefficient (Wildman–Crippen LogP) is 0.415. The van der Waals surface area contributed by atoms with Gasteiger partial charge in [0.05, 0.1) is 33.0 Å². The van der Waals surface area contributed by atoms with E-state index in [0.29, 0.717) is 12.4 Å². The zero-order valence-corrected chi connectivity index (χ0v) is 11.9. The highest BCUT2D eigenvalue weighted by Crippen LogP contribution is 2.25. The lowest BCUT2D eigenvalue weighted by Crippen LogP contribution is -2.53. The highest BCUT2D eigenvalue weighted by molar-refractivity contribution is 5.99. The van der Waals surface area contributed by atoms with Crippen molar-refractivity contribution < 1.29 is 28.9 Å². The number of ether oxygens (including phenoxy) is 3. The van der Waals surface area contributed by atoms with Crippen molar-refractivity contribution in [2.24, 2.45) is 0 Å². The molecule has 114 valence electrons. The number of amides is 1. The SMILES string of the molecule is COC(=O)C1COCCN1C(=O)c1cc(OC)ccc1O. The van der Waals surface area contributed by atoms with E-state index in [1.165, 1.54) is 31.3 Å². The quantitative estimate of drug-likeness (QED) is 0.813. The molecule has 1 aromatic carbocycles. The van der Waals surface area contributed by atoms with Crippen molar-refractivity contribution in [1.82, 2.24) is 4.90 Å². The van der Waals surface area contributed by atoms with E-state index < -0.39 is 17.9 Å². The molecule has 2 rings (SSSR count). The molecule has 1 atom stereocenters. The minimum absolute atomic E-state index is 0.0726. The minimum atomic E-state index is -0.818. The predicted molar refractivity (Wildman–Crippen MR) is 72.3 cm³/mol. The van der Waals surface area contributed by atoms with Crippen molar-refractivity contribution in [3.05, 3.63) is 23.8 Å². The minimum Gasteiger partial charge on any atom is -0.507 e. The summed E-state index contributed by atoms with van der Waals surface area (Å²) in [4.78, 5) is 25.6. The van der Waals surface area contributed by atoms with Gasteiger partial charge in [0.2, 0.25) is 0 Å². The molecule has 0 aliphatic carbocycles. The first-order valence-corrected chi connectivity index (χ1v) is 6.42. The summed E-state index contributed by atoms with van der Waals surface area (Å²) in [5.41, 5.74) is 0.0742. The van der Waals surface area contributed by atoms with E-state index in [0.717, 1.165) is 0 Å². The molecule has 7 heteroatoms. The molecule has 1 heterocycles. The van der Waals surface area contributed by atoms with E-state index in [1.54, 1.807) is 6.07 Å². The second kappa shape index (κ2) is 6.45. The van der Waals surface area contributed by atoms with Gasteiger partial charge < -0.3 is 24.2 Å². The number of carbonyl (C=O) groups excluding carboxylic acids is 2. The highest BCUT2D eigenvalue weighted by atomic mass is 16.5. The molecule has 0 radical (unpaired) electrons. The molecule has 1 unspecified atom stereocenters. The molecule has 7 nitrogen and oxygen atoms in total. The van der Waals surface area contributed by atoms with Crippen LogP contribution in [-0.2, 0) is 14.3 Å². The van der Waals surface area contributed by atoms with Crippen molar-refractivity contribution >= 4 is 11.9 Å². The van der Waals surface area contributed by atoms with Crippen LogP contribution in [0, 0.1) is 0 Å². The van der Waals surface area contributed by atoms with E-state index in [4.69, 9.17) is 9.47 Å². The van der Waals surface area contributed by atoms with Crippen molar-refractivity contribution in [2.45, 2.75) is 6.04 Å². The van der Waals surface area contributed by atoms with E-state index in [9.17, 15) is 14.7 Å². The monoisotopic (exact) mass is 295 g/mol. The Labute approximate surface area is 122 Å². The van der Waals surface area contributed by atoms with Crippen LogP contribution in [0.2, 0.25) is 0 Å². The first-order valence-electron chi connectivity index (χ1n) is 6.42. The van der Waals surface area contributed by atoms with Gasteiger partial charge in [-0.2, -0.15) is 0 Å². The summed E-state index contributed by atoms with van der Waals surface area (Å²) in [5.74, 6) is -0.745. The first-order chi connectivity index (χ1) is 10.1. The number of methoxy groups -OCH3 is 2. The van der Waals surface area contributed by atoms with Gasteiger partial charge in [0.1, 0.15) is 11.5 Å². The van der Waals surface area contributed by atoms with Gasteiger partial charge in [-0.1, -0.05) is 0 Å². The number of phenols is 1. The number of carbonyl (C=O) groups is 2. The molecule has 1 aromatic rings. The van der Waals surface area contributed by atoms with Gasteiger partial charge >= 0.3 is 5.97 Å². The second-order valence-electron chi connectivity index (χ2n) is 4.50. The maximum absolute atomic E-state index is 12.6. The second-order valence-corrected chi connectivity index (χ2v) is 4.50. The summed E-state index contributed by atoms with van der Waals surface area (Å²) < 4.78 is 14.9. The van der Waals surface area contributed by atoms with Gasteiger partial charge in [-0.05, 0) is 18.2 Å². The maximum Gasteiger partial charge on any atom is 0.331 e. The van der Waals surface area contributed by atoms with Crippen LogP contribution in [0.15, 0.2) is 18.2 Å². The molecule has 0 spiro atoms. The van der Waals surface area contributed by atoms with Crippen LogP contribution in [0.25, 0.3) is 0 Å². The van der Waals surface area contributed by atoms with Gasteiger partial charge in [-0.15, -0.1) is 0 Å². The standard InChI is InChI=1S/C14H17NO6/c1-19-9-3-4-12(16)10(7-9)13(17)15-5-6-21-8-11(15)14(18)20-2/h3-4,7,11,16H,5-6,8H2,1-2H3. The van der Waals surface area contributed by atoms with Gasteiger partial charge in [-0.3, -0.25) is 4.79 Å². The van der Waals surface area contributed by atoms with Gasteiger partial charge in [0.15, 0.2) is 6.04 Å². The Hall–Kier alpha value is -2.28. The Balaban J connectivity index is 2.30. The van der Waals surface area contributed by atoms with Crippen molar-refractivity contribution in [3.8, 4) is 11.5 Å². The van der Waals surface area contributed by atoms with Crippen LogP contribution in [0.1, 0.15) is 10.4 Å². The Kier molecular flexibility index (Phi) is 4.64. The highest BCUT2D eigenvalue weighted by Gasteiger charge is 2.35. The molecule has 21 heavy (non-hydrogen) atoms. The molecule has 1 aliphatic heterocycles. The summed E-state index contributed by atoms with van der Waals surface area (Å²) in [7, 11) is 2.72. The average Bonchev–Trinajstić information content (AvgIpc) is 2.54. The largest absolute Gasteiger partial charge is 0.507 e. The maximum atomic E-state index is 12.6. The van der Waals surface area contributed by atoms with Crippen LogP contribution < -0.4 is 4.74 Å². The number of esters is 1. The van der Waals surface area contributed by atoms with Crippen LogP contribution >= 0.6 is 0 Å². The number of hydrogen-bond acceptors (Lipinski definition) is 6. The molecule has 0 saturated carbocycles. The summed E-state index contributed by atoms with van der Waals surface area (Å²) in [6.45, 7) is 0.641. The smallest absolute Gasteiger partial charge is 0.331 e. The number of nitrogens with zero attached hydrogens (tertiary/aromatic N) is 1. The third kappa shape index (κ3) is 3.08. The molecule has 0 aromatic heterocycles. The fourth-order valence-electron chi connectivity index (χ4n) is 2.15. The lowest BCUT2D eigenvalue weighted by atomic mass is 10.1. The Morgan fingerprint density at radius 2 is 2.14 bits per heavy atom. The van der Waals surface area contributed by atoms with Crippen LogP contribution in [0.3, 0.4) is 0 Å². The van der Waals surface area contributed by atoms with Gasteiger partial charge in [0, 0.05) is 6.54 Å². The van der Waals surface area contributed by atoms with Crippen LogP contribution in [0.4, 0.5) is 0 Å². The summed E-state index contributed by atoms with van der Waals surface area (Å²) in [6, 6.07) is 3.53. The topological polar surface area (TPSA) is 85.3 Å². The molecule has 1 aliphatic rings. The van der Waals surface area contributed by atoms with E-state index in [1.807, 2.05) is 0 Å². The third-order valence-electron chi connectivity index (χ3n) is 3.30. The Morgan fingerprint density at radius 3 is 2.81 bits per heavy atom. The molecule has 0 bridgehead atoms. The van der Waals surface area contributed by atoms with Crippen molar-refractivity contribution in [3.63, 3.8) is 0 Å². The molecule has 1 fully saturated rings. The lowest BCUT2D eigenvalue weighted by Gasteiger charge is -2.33. The first kappa shape index (κ1) is 15.1. The number of benzene rings is 1. The van der Waals surface area contributed by atoms with Crippen LogP contribution in [-0.4, -0.2) is 61.9 Å². The number of rotatable bonds is 3. The van der Waals surface area contributed by atoms with Crippen molar-refractivity contribution in [2.75, 3.05) is 34.0 Å². The normalized spacial score (nSPS) is 18.2. The summed E-state index contributed by atoms with van der Waals surface area (Å²) >= 11 is 0. The number of aromatic hydroxyl groups is 1. The van der Waals surface area contributed by atoms with Crippen LogP contribution in [0.5, 0.6) is 11.5 Å². The fraction of sp³-hybridized carbons (Fsp3) is 0.429. The third-order valence-corrected chi connectivity index (χ3v) is 3.30. The lowest BCUT2D eigenvalue weighted by molar-refractivity contribution is -0.151. The molecule has 1 saturated heterocycles. The fourth-order valence-corrected chi connectivity index (χ4v) is 2.15. The molecular formula is C14H17NO6. The Morgan fingerprint density at radius 1 is 1.38 bits per heavy atom. The van der Waals surface area contributed by atoms with E-state index in [2.05, 4.69) is 4.74 Å². The molecule has 1 N–H and O–H groups in total. The Bertz CT molecular complexity index is 544. The van der Waals surface area contributed by atoms with Gasteiger partial charge in [0.25, 0.3) is 5.91 Å². The van der Waals surface area contributed by atoms with Crippen molar-refractivity contribution in [1.29, 1.82) is 0 Å². The van der Waals surface area contributed by atoms with E-state index in [-0.39, 0.29) is 24.5 Å². The number of morpholine rings is 1. The number of phenolic OH excluding ortho intramolecular Hbond substituents is 1. The summed E-state index contributed by atoms with van der Waals surface area (Å²) in [5, 5.41) is 9.86. The zero-order chi connectivity index (χ0) is 15.4. The zero-order valence-electron chi connectivity index (χ0n) is 11.9. The molecule has 1 amide bonds. The summed E-state index contributed by atoms with van der Waals surface area (Å²) in [6.07, 6.45) is 0. The molecular weight excluding hydrogens is 278 g/mol. The average molecular weight is 295 g/mol. The van der Waals surface area contributed by atoms with E-state index >= 15 is 0 Å². The van der Waals surface area contributed by atoms with Gasteiger partial charge in [-0.25, -0.2) is 4.79 Å².